The second-order valence-electron chi connectivity index (χ2n) is 5.75. The largest absolute Gasteiger partial charge is 0.368 e. The van der Waals surface area contributed by atoms with Gasteiger partial charge in [0.15, 0.2) is 0 Å². The maximum atomic E-state index is 6.07. The van der Waals surface area contributed by atoms with E-state index < -0.39 is 0 Å². The maximum Gasteiger partial charge on any atom is 0.209 e. The molecule has 1 unspecified atom stereocenters. The second kappa shape index (κ2) is 4.79. The molecule has 0 radical (unpaired) electrons. The molecule has 1 fully saturated rings. The van der Waals surface area contributed by atoms with E-state index in [-0.39, 0.29) is 11.2 Å². The van der Waals surface area contributed by atoms with Crippen molar-refractivity contribution in [2.45, 2.75) is 62.3 Å². The minimum Gasteiger partial charge on any atom is -0.368 e. The van der Waals surface area contributed by atoms with Gasteiger partial charge in [0, 0.05) is 11.8 Å². The summed E-state index contributed by atoms with van der Waals surface area (Å²) in [6.07, 6.45) is 0.986. The third-order valence-electron chi connectivity index (χ3n) is 3.08. The summed E-state index contributed by atoms with van der Waals surface area (Å²) >= 11 is 1.68. The minimum absolute atomic E-state index is 0.0900. The molecule has 0 aromatic carbocycles. The van der Waals surface area contributed by atoms with Crippen molar-refractivity contribution in [1.82, 2.24) is 20.2 Å². The third kappa shape index (κ3) is 2.84. The molecule has 6 nitrogen and oxygen atoms in total. The molecule has 2 N–H and O–H groups in total. The van der Waals surface area contributed by atoms with Crippen molar-refractivity contribution >= 4 is 11.8 Å². The molecule has 102 valence electrons. The van der Waals surface area contributed by atoms with E-state index in [2.05, 4.69) is 43.2 Å². The van der Waals surface area contributed by atoms with Crippen LogP contribution in [0.25, 0.3) is 0 Å². The summed E-state index contributed by atoms with van der Waals surface area (Å²) in [6.45, 7) is 9.67. The van der Waals surface area contributed by atoms with Crippen LogP contribution in [0, 0.1) is 0 Å². The minimum atomic E-state index is -0.173. The topological polar surface area (TPSA) is 78.9 Å². The molecule has 2 heterocycles. The van der Waals surface area contributed by atoms with Crippen LogP contribution in [0.1, 0.15) is 34.1 Å². The van der Waals surface area contributed by atoms with Crippen molar-refractivity contribution in [1.29, 1.82) is 0 Å². The molecule has 0 saturated carbocycles. The number of hydrogen-bond acceptors (Lipinski definition) is 6. The normalized spacial score (nSPS) is 25.5. The third-order valence-corrected chi connectivity index (χ3v) is 4.60. The summed E-state index contributed by atoms with van der Waals surface area (Å²) in [6, 6.07) is 0. The summed E-state index contributed by atoms with van der Waals surface area (Å²) in [4.78, 5) is 0. The first-order valence-corrected chi connectivity index (χ1v) is 7.05. The molecule has 1 atom stereocenters. The Hall–Kier alpha value is -0.660. The highest BCUT2D eigenvalue weighted by molar-refractivity contribution is 7.99. The van der Waals surface area contributed by atoms with Gasteiger partial charge in [-0.25, -0.2) is 4.68 Å². The molecular weight excluding hydrogens is 250 g/mol. The first-order chi connectivity index (χ1) is 8.34. The van der Waals surface area contributed by atoms with Gasteiger partial charge in [0.05, 0.1) is 17.7 Å². The van der Waals surface area contributed by atoms with Gasteiger partial charge in [-0.15, -0.1) is 5.10 Å². The van der Waals surface area contributed by atoms with E-state index in [1.54, 1.807) is 16.4 Å². The highest BCUT2D eigenvalue weighted by Gasteiger charge is 2.46. The Morgan fingerprint density at radius 2 is 2.17 bits per heavy atom. The van der Waals surface area contributed by atoms with Crippen LogP contribution in [0.3, 0.4) is 0 Å². The van der Waals surface area contributed by atoms with E-state index in [1.807, 2.05) is 0 Å². The Kier molecular flexibility index (Phi) is 3.66. The van der Waals surface area contributed by atoms with Gasteiger partial charge in [0.25, 0.3) is 0 Å². The average molecular weight is 271 g/mol. The van der Waals surface area contributed by atoms with Crippen LogP contribution in [0.5, 0.6) is 0 Å². The molecular formula is C11H21N5OS. The fraction of sp³-hybridized carbons (Fsp3) is 0.909. The van der Waals surface area contributed by atoms with Crippen molar-refractivity contribution in [3.63, 3.8) is 0 Å². The lowest BCUT2D eigenvalue weighted by molar-refractivity contribution is -0.0631. The van der Waals surface area contributed by atoms with E-state index in [9.17, 15) is 0 Å². The maximum absolute atomic E-state index is 6.07. The van der Waals surface area contributed by atoms with E-state index in [0.717, 1.165) is 11.6 Å². The lowest BCUT2D eigenvalue weighted by Gasteiger charge is -2.26. The summed E-state index contributed by atoms with van der Waals surface area (Å²) < 4.78 is 7.83. The predicted molar refractivity (Wildman–Crippen MR) is 70.4 cm³/mol. The van der Waals surface area contributed by atoms with Gasteiger partial charge in [-0.05, 0) is 44.5 Å². The first kappa shape index (κ1) is 13.8. The van der Waals surface area contributed by atoms with Gasteiger partial charge in [-0.2, -0.15) is 0 Å². The van der Waals surface area contributed by atoms with Crippen molar-refractivity contribution in [2.24, 2.45) is 5.73 Å². The quantitative estimate of drug-likeness (QED) is 0.882. The lowest BCUT2D eigenvalue weighted by atomic mass is 10.0. The molecule has 18 heavy (non-hydrogen) atoms. The number of tetrazole rings is 1. The fourth-order valence-corrected chi connectivity index (χ4v) is 3.77. The van der Waals surface area contributed by atoms with Gasteiger partial charge >= 0.3 is 0 Å². The van der Waals surface area contributed by atoms with Crippen molar-refractivity contribution in [2.75, 3.05) is 6.54 Å². The number of aromatic nitrogens is 4. The molecule has 1 aromatic rings. The Morgan fingerprint density at radius 1 is 1.44 bits per heavy atom. The average Bonchev–Trinajstić information content (AvgIpc) is 2.71. The van der Waals surface area contributed by atoms with Crippen LogP contribution in [0.4, 0.5) is 0 Å². The fourth-order valence-electron chi connectivity index (χ4n) is 2.37. The Bertz CT molecular complexity index is 417. The second-order valence-corrected chi connectivity index (χ2v) is 6.92. The van der Waals surface area contributed by atoms with Crippen LogP contribution in [-0.4, -0.2) is 43.2 Å². The SMILES string of the molecule is CC1(C)CC(Sc2nnnn2CCN)C(C)(C)O1. The van der Waals surface area contributed by atoms with Crippen LogP contribution >= 0.6 is 11.8 Å². The van der Waals surface area contributed by atoms with E-state index in [1.165, 1.54) is 0 Å². The number of hydrogen-bond donors (Lipinski definition) is 1. The smallest absolute Gasteiger partial charge is 0.209 e. The molecule has 1 aromatic heterocycles. The van der Waals surface area contributed by atoms with E-state index in [0.29, 0.717) is 18.3 Å². The predicted octanol–water partition coefficient (Wildman–Crippen LogP) is 1.07. The van der Waals surface area contributed by atoms with E-state index in [4.69, 9.17) is 10.5 Å². The molecule has 1 aliphatic heterocycles. The van der Waals surface area contributed by atoms with Gasteiger partial charge in [0.1, 0.15) is 0 Å². The van der Waals surface area contributed by atoms with Gasteiger partial charge in [-0.1, -0.05) is 11.8 Å². The highest BCUT2D eigenvalue weighted by atomic mass is 32.2. The number of thioether (sulfide) groups is 1. The molecule has 1 aliphatic rings. The summed E-state index contributed by atoms with van der Waals surface area (Å²) in [7, 11) is 0. The number of ether oxygens (including phenoxy) is 1. The van der Waals surface area contributed by atoms with E-state index >= 15 is 0 Å². The molecule has 0 aliphatic carbocycles. The molecule has 1 saturated heterocycles. The first-order valence-electron chi connectivity index (χ1n) is 6.17. The number of nitrogens with zero attached hydrogens (tertiary/aromatic N) is 4. The van der Waals surface area contributed by atoms with Crippen LogP contribution in [-0.2, 0) is 11.3 Å². The standard InChI is InChI=1S/C11H21N5OS/c1-10(2)7-8(11(3,4)17-10)18-9-13-14-15-16(9)6-5-12/h8H,5-7,12H2,1-4H3. The number of rotatable bonds is 4. The van der Waals surface area contributed by atoms with Crippen molar-refractivity contribution in [3.05, 3.63) is 0 Å². The van der Waals surface area contributed by atoms with Gasteiger partial charge in [-0.3, -0.25) is 0 Å². The zero-order valence-corrected chi connectivity index (χ0v) is 12.2. The number of nitrogens with two attached hydrogens (primary N) is 1. The van der Waals surface area contributed by atoms with Gasteiger partial charge in [0.2, 0.25) is 5.16 Å². The summed E-state index contributed by atoms with van der Waals surface area (Å²) in [5.74, 6) is 0. The molecule has 0 amide bonds. The van der Waals surface area contributed by atoms with Crippen molar-refractivity contribution in [3.8, 4) is 0 Å². The summed E-state index contributed by atoms with van der Waals surface area (Å²) in [5.41, 5.74) is 5.28. The zero-order chi connectivity index (χ0) is 13.4. The zero-order valence-electron chi connectivity index (χ0n) is 11.4. The van der Waals surface area contributed by atoms with Crippen molar-refractivity contribution < 1.29 is 4.74 Å². The van der Waals surface area contributed by atoms with Gasteiger partial charge < -0.3 is 10.5 Å². The molecule has 0 bridgehead atoms. The Balaban J connectivity index is 2.11. The highest BCUT2D eigenvalue weighted by Crippen LogP contribution is 2.45. The Morgan fingerprint density at radius 3 is 2.72 bits per heavy atom. The van der Waals surface area contributed by atoms with Crippen LogP contribution in [0.2, 0.25) is 0 Å². The van der Waals surface area contributed by atoms with Crippen LogP contribution in [0.15, 0.2) is 5.16 Å². The molecule has 7 heteroatoms. The van der Waals surface area contributed by atoms with Crippen LogP contribution < -0.4 is 5.73 Å². The molecule has 2 rings (SSSR count). The Labute approximate surface area is 112 Å². The monoisotopic (exact) mass is 271 g/mol. The summed E-state index contributed by atoms with van der Waals surface area (Å²) in [5, 5.41) is 12.9. The lowest BCUT2D eigenvalue weighted by Crippen LogP contribution is -2.31. The molecule has 0 spiro atoms.